The van der Waals surface area contributed by atoms with Crippen LogP contribution in [0.1, 0.15) is 38.5 Å². The summed E-state index contributed by atoms with van der Waals surface area (Å²) in [5.41, 5.74) is 6.45. The van der Waals surface area contributed by atoms with E-state index in [0.717, 1.165) is 18.3 Å². The molecule has 0 heterocycles. The van der Waals surface area contributed by atoms with Gasteiger partial charge in [-0.3, -0.25) is 0 Å². The molecule has 0 aromatic heterocycles. The molecule has 4 atom stereocenters. The molecule has 4 rings (SSSR count). The standard InChI is InChI=1S/C10H16ClN.ClH/c11-9-2-7-1-8(3-9)5-10(12,4-7)6-9;/h7-8H,1-6,12H2;1H/t7-,8+,9?,10?;. The number of hydrogen-bond acceptors (Lipinski definition) is 1. The van der Waals surface area contributed by atoms with Crippen molar-refractivity contribution in [1.82, 2.24) is 0 Å². The molecule has 0 aromatic carbocycles. The zero-order valence-electron chi connectivity index (χ0n) is 7.76. The van der Waals surface area contributed by atoms with Crippen LogP contribution in [0.4, 0.5) is 0 Å². The van der Waals surface area contributed by atoms with Crippen LogP contribution >= 0.6 is 24.0 Å². The second-order valence-electron chi connectivity index (χ2n) is 5.47. The Hall–Kier alpha value is 0.540. The minimum Gasteiger partial charge on any atom is -0.325 e. The van der Waals surface area contributed by atoms with E-state index < -0.39 is 0 Å². The fraction of sp³-hybridized carbons (Fsp3) is 1.00. The highest BCUT2D eigenvalue weighted by Gasteiger charge is 2.55. The highest BCUT2D eigenvalue weighted by atomic mass is 35.5. The summed E-state index contributed by atoms with van der Waals surface area (Å²) in [6, 6.07) is 0. The molecule has 1 nitrogen and oxygen atoms in total. The molecule has 0 saturated heterocycles. The van der Waals surface area contributed by atoms with Crippen molar-refractivity contribution in [2.45, 2.75) is 48.9 Å². The summed E-state index contributed by atoms with van der Waals surface area (Å²) < 4.78 is 0. The lowest BCUT2D eigenvalue weighted by molar-refractivity contribution is 0.0146. The molecule has 0 aliphatic heterocycles. The van der Waals surface area contributed by atoms with Gasteiger partial charge in [-0.15, -0.1) is 24.0 Å². The Labute approximate surface area is 90.8 Å². The maximum Gasteiger partial charge on any atom is 0.0469 e. The first-order valence-electron chi connectivity index (χ1n) is 5.05. The van der Waals surface area contributed by atoms with Gasteiger partial charge in [0.05, 0.1) is 0 Å². The van der Waals surface area contributed by atoms with E-state index in [1.165, 1.54) is 32.1 Å². The quantitative estimate of drug-likeness (QED) is 0.626. The summed E-state index contributed by atoms with van der Waals surface area (Å²) in [5, 5.41) is 0. The first-order valence-corrected chi connectivity index (χ1v) is 5.43. The van der Waals surface area contributed by atoms with Crippen LogP contribution in [0.5, 0.6) is 0 Å². The average Bonchev–Trinajstić information content (AvgIpc) is 1.75. The Morgan fingerprint density at radius 2 is 1.62 bits per heavy atom. The maximum atomic E-state index is 6.54. The largest absolute Gasteiger partial charge is 0.325 e. The Kier molecular flexibility index (Phi) is 2.15. The van der Waals surface area contributed by atoms with Gasteiger partial charge in [-0.05, 0) is 50.4 Å². The molecular formula is C10H17Cl2N. The third-order valence-corrected chi connectivity index (χ3v) is 4.48. The lowest BCUT2D eigenvalue weighted by atomic mass is 9.53. The third kappa shape index (κ3) is 1.49. The molecule has 4 fully saturated rings. The Balaban J connectivity index is 0.000000653. The fourth-order valence-corrected chi connectivity index (χ4v) is 4.92. The van der Waals surface area contributed by atoms with E-state index in [9.17, 15) is 0 Å². The molecule has 76 valence electrons. The van der Waals surface area contributed by atoms with E-state index in [1.807, 2.05) is 0 Å². The van der Waals surface area contributed by atoms with Crippen molar-refractivity contribution in [3.8, 4) is 0 Å². The molecular weight excluding hydrogens is 205 g/mol. The molecule has 0 aromatic rings. The minimum absolute atomic E-state index is 0. The van der Waals surface area contributed by atoms with Crippen molar-refractivity contribution in [2.24, 2.45) is 17.6 Å². The van der Waals surface area contributed by atoms with Crippen molar-refractivity contribution in [3.63, 3.8) is 0 Å². The monoisotopic (exact) mass is 221 g/mol. The van der Waals surface area contributed by atoms with Crippen LogP contribution in [0.15, 0.2) is 0 Å². The van der Waals surface area contributed by atoms with Gasteiger partial charge < -0.3 is 5.73 Å². The van der Waals surface area contributed by atoms with Gasteiger partial charge in [0, 0.05) is 10.4 Å². The van der Waals surface area contributed by atoms with E-state index in [2.05, 4.69) is 0 Å². The molecule has 0 amide bonds. The van der Waals surface area contributed by atoms with Gasteiger partial charge >= 0.3 is 0 Å². The predicted molar refractivity (Wildman–Crippen MR) is 57.4 cm³/mol. The smallest absolute Gasteiger partial charge is 0.0469 e. The van der Waals surface area contributed by atoms with E-state index in [1.54, 1.807) is 0 Å². The molecule has 4 aliphatic carbocycles. The lowest BCUT2D eigenvalue weighted by Gasteiger charge is -2.58. The van der Waals surface area contributed by atoms with Gasteiger partial charge in [0.15, 0.2) is 0 Å². The molecule has 2 unspecified atom stereocenters. The van der Waals surface area contributed by atoms with Crippen LogP contribution in [0.3, 0.4) is 0 Å². The summed E-state index contributed by atoms with van der Waals surface area (Å²) in [6.07, 6.45) is 7.46. The second-order valence-corrected chi connectivity index (χ2v) is 6.28. The number of alkyl halides is 1. The Morgan fingerprint density at radius 1 is 1.08 bits per heavy atom. The highest BCUT2D eigenvalue weighted by Crippen LogP contribution is 2.58. The predicted octanol–water partition coefficient (Wildman–Crippen LogP) is 2.70. The van der Waals surface area contributed by atoms with E-state index >= 15 is 0 Å². The van der Waals surface area contributed by atoms with Gasteiger partial charge in [-0.2, -0.15) is 0 Å². The fourth-order valence-electron chi connectivity index (χ4n) is 4.22. The zero-order chi connectivity index (χ0) is 8.40. The van der Waals surface area contributed by atoms with Gasteiger partial charge in [0.25, 0.3) is 0 Å². The normalized spacial score (nSPS) is 57.7. The van der Waals surface area contributed by atoms with Crippen LogP contribution in [-0.4, -0.2) is 10.4 Å². The van der Waals surface area contributed by atoms with E-state index in [-0.39, 0.29) is 22.8 Å². The molecule has 4 bridgehead atoms. The van der Waals surface area contributed by atoms with Crippen molar-refractivity contribution in [2.75, 3.05) is 0 Å². The number of nitrogens with two attached hydrogens (primary N) is 1. The summed E-state index contributed by atoms with van der Waals surface area (Å²) >= 11 is 6.54. The Morgan fingerprint density at radius 3 is 2.00 bits per heavy atom. The summed E-state index contributed by atoms with van der Waals surface area (Å²) in [5.74, 6) is 1.71. The van der Waals surface area contributed by atoms with E-state index in [4.69, 9.17) is 17.3 Å². The first kappa shape index (κ1) is 10.1. The van der Waals surface area contributed by atoms with Crippen LogP contribution in [0.25, 0.3) is 0 Å². The number of hydrogen-bond donors (Lipinski definition) is 1. The average molecular weight is 222 g/mol. The van der Waals surface area contributed by atoms with Crippen molar-refractivity contribution in [1.29, 1.82) is 0 Å². The van der Waals surface area contributed by atoms with Gasteiger partial charge in [0.2, 0.25) is 0 Å². The first-order chi connectivity index (χ1) is 5.57. The maximum absolute atomic E-state index is 6.54. The topological polar surface area (TPSA) is 26.0 Å². The molecule has 13 heavy (non-hydrogen) atoms. The van der Waals surface area contributed by atoms with Crippen LogP contribution in [0, 0.1) is 11.8 Å². The van der Waals surface area contributed by atoms with Crippen molar-refractivity contribution in [3.05, 3.63) is 0 Å². The molecule has 4 saturated carbocycles. The van der Waals surface area contributed by atoms with Crippen LogP contribution in [-0.2, 0) is 0 Å². The molecule has 0 spiro atoms. The van der Waals surface area contributed by atoms with Crippen LogP contribution in [0.2, 0.25) is 0 Å². The lowest BCUT2D eigenvalue weighted by Crippen LogP contribution is -2.60. The molecule has 4 aliphatic rings. The molecule has 2 N–H and O–H groups in total. The Bertz CT molecular complexity index is 195. The molecule has 3 heteroatoms. The second kappa shape index (κ2) is 2.77. The van der Waals surface area contributed by atoms with Gasteiger partial charge in [0.1, 0.15) is 0 Å². The summed E-state index contributed by atoms with van der Waals surface area (Å²) in [6.45, 7) is 0. The van der Waals surface area contributed by atoms with Crippen LogP contribution < -0.4 is 5.73 Å². The van der Waals surface area contributed by atoms with Crippen molar-refractivity contribution < 1.29 is 0 Å². The van der Waals surface area contributed by atoms with Gasteiger partial charge in [-0.1, -0.05) is 0 Å². The summed E-state index contributed by atoms with van der Waals surface area (Å²) in [4.78, 5) is 0.110. The number of rotatable bonds is 0. The number of halogens is 2. The van der Waals surface area contributed by atoms with E-state index in [0.29, 0.717) is 0 Å². The molecule has 0 radical (unpaired) electrons. The van der Waals surface area contributed by atoms with Gasteiger partial charge in [-0.25, -0.2) is 0 Å². The SMILES string of the molecule is Cl.NC12C[C@H]3C[C@@H](C1)CC(Cl)(C3)C2. The van der Waals surface area contributed by atoms with Crippen molar-refractivity contribution >= 4 is 24.0 Å². The minimum atomic E-state index is 0. The summed E-state index contributed by atoms with van der Waals surface area (Å²) in [7, 11) is 0. The zero-order valence-corrected chi connectivity index (χ0v) is 9.33. The highest BCUT2D eigenvalue weighted by molar-refractivity contribution is 6.24. The third-order valence-electron chi connectivity index (χ3n) is 4.03.